The SMILES string of the molecule is N#Cc1ccc(-c2ccc(Cl)cc2)nc1SCCC(=O)Nc1cccc(Cl)c1. The first-order valence-corrected chi connectivity index (χ1v) is 10.1. The maximum atomic E-state index is 12.1. The lowest BCUT2D eigenvalue weighted by Gasteiger charge is -2.08. The van der Waals surface area contributed by atoms with E-state index in [1.165, 1.54) is 11.8 Å². The minimum absolute atomic E-state index is 0.123. The zero-order valence-corrected chi connectivity index (χ0v) is 17.0. The Morgan fingerprint density at radius 1 is 1.07 bits per heavy atom. The number of thioether (sulfide) groups is 1. The van der Waals surface area contributed by atoms with Crippen LogP contribution in [-0.4, -0.2) is 16.6 Å². The van der Waals surface area contributed by atoms with Crippen LogP contribution in [-0.2, 0) is 4.79 Å². The monoisotopic (exact) mass is 427 g/mol. The first-order chi connectivity index (χ1) is 13.5. The number of carbonyl (C=O) groups excluding carboxylic acids is 1. The fourth-order valence-electron chi connectivity index (χ4n) is 2.45. The van der Waals surface area contributed by atoms with Crippen molar-refractivity contribution in [3.63, 3.8) is 0 Å². The van der Waals surface area contributed by atoms with Crippen molar-refractivity contribution in [2.45, 2.75) is 11.4 Å². The smallest absolute Gasteiger partial charge is 0.225 e. The molecule has 1 heterocycles. The number of carbonyl (C=O) groups is 1. The second-order valence-electron chi connectivity index (χ2n) is 5.82. The molecule has 1 aromatic heterocycles. The lowest BCUT2D eigenvalue weighted by Crippen LogP contribution is -2.12. The van der Waals surface area contributed by atoms with Gasteiger partial charge in [-0.2, -0.15) is 5.26 Å². The summed E-state index contributed by atoms with van der Waals surface area (Å²) in [6.45, 7) is 0. The molecule has 0 aliphatic heterocycles. The molecule has 28 heavy (non-hydrogen) atoms. The topological polar surface area (TPSA) is 65.8 Å². The molecule has 0 fully saturated rings. The van der Waals surface area contributed by atoms with Gasteiger partial charge in [0.05, 0.1) is 11.3 Å². The van der Waals surface area contributed by atoms with E-state index in [-0.39, 0.29) is 12.3 Å². The van der Waals surface area contributed by atoms with Crippen LogP contribution in [0.4, 0.5) is 5.69 Å². The number of anilines is 1. The largest absolute Gasteiger partial charge is 0.326 e. The minimum atomic E-state index is -0.123. The van der Waals surface area contributed by atoms with Gasteiger partial charge in [0.2, 0.25) is 5.91 Å². The minimum Gasteiger partial charge on any atom is -0.326 e. The van der Waals surface area contributed by atoms with Crippen LogP contribution in [0, 0.1) is 11.3 Å². The van der Waals surface area contributed by atoms with Crippen molar-refractivity contribution in [2.75, 3.05) is 11.1 Å². The Balaban J connectivity index is 1.64. The number of aromatic nitrogens is 1. The summed E-state index contributed by atoms with van der Waals surface area (Å²) in [5.41, 5.74) is 2.80. The summed E-state index contributed by atoms with van der Waals surface area (Å²) in [6.07, 6.45) is 0.287. The number of amides is 1. The number of nitrogens with one attached hydrogen (secondary N) is 1. The quantitative estimate of drug-likeness (QED) is 0.486. The van der Waals surface area contributed by atoms with Crippen LogP contribution in [0.15, 0.2) is 65.7 Å². The molecule has 0 aliphatic rings. The van der Waals surface area contributed by atoms with Crippen LogP contribution in [0.25, 0.3) is 11.3 Å². The highest BCUT2D eigenvalue weighted by Crippen LogP contribution is 2.26. The van der Waals surface area contributed by atoms with Crippen molar-refractivity contribution in [2.24, 2.45) is 0 Å². The molecule has 1 amide bonds. The molecule has 3 aromatic rings. The molecule has 1 N–H and O–H groups in total. The molecule has 0 radical (unpaired) electrons. The summed E-state index contributed by atoms with van der Waals surface area (Å²) >= 11 is 13.2. The number of nitriles is 1. The maximum absolute atomic E-state index is 12.1. The van der Waals surface area contributed by atoms with E-state index < -0.39 is 0 Å². The first kappa shape index (κ1) is 20.2. The van der Waals surface area contributed by atoms with Gasteiger partial charge in [-0.3, -0.25) is 4.79 Å². The molecule has 0 saturated carbocycles. The molecular formula is C21H15Cl2N3OS. The molecular weight excluding hydrogens is 413 g/mol. The van der Waals surface area contributed by atoms with Gasteiger partial charge in [0, 0.05) is 33.5 Å². The first-order valence-electron chi connectivity index (χ1n) is 8.40. The molecule has 0 saturated heterocycles. The number of rotatable bonds is 6. The Morgan fingerprint density at radius 3 is 2.57 bits per heavy atom. The van der Waals surface area contributed by atoms with Crippen LogP contribution in [0.1, 0.15) is 12.0 Å². The lowest BCUT2D eigenvalue weighted by atomic mass is 10.1. The van der Waals surface area contributed by atoms with Crippen molar-refractivity contribution >= 4 is 46.6 Å². The number of benzene rings is 2. The van der Waals surface area contributed by atoms with Gasteiger partial charge in [0.1, 0.15) is 11.1 Å². The van der Waals surface area contributed by atoms with Crippen molar-refractivity contribution < 1.29 is 4.79 Å². The summed E-state index contributed by atoms with van der Waals surface area (Å²) in [5.74, 6) is 0.375. The van der Waals surface area contributed by atoms with Crippen molar-refractivity contribution in [1.82, 2.24) is 4.98 Å². The molecule has 7 heteroatoms. The maximum Gasteiger partial charge on any atom is 0.225 e. The van der Waals surface area contributed by atoms with Gasteiger partial charge in [0.25, 0.3) is 0 Å². The predicted molar refractivity (Wildman–Crippen MR) is 115 cm³/mol. The Labute approximate surface area is 177 Å². The van der Waals surface area contributed by atoms with E-state index in [0.717, 1.165) is 11.3 Å². The van der Waals surface area contributed by atoms with E-state index in [9.17, 15) is 10.1 Å². The Kier molecular flexibility index (Phi) is 6.94. The number of hydrogen-bond acceptors (Lipinski definition) is 4. The zero-order valence-electron chi connectivity index (χ0n) is 14.7. The van der Waals surface area contributed by atoms with Gasteiger partial charge < -0.3 is 5.32 Å². The van der Waals surface area contributed by atoms with Gasteiger partial charge in [-0.25, -0.2) is 4.98 Å². The number of pyridine rings is 1. The third-order valence-corrected chi connectivity index (χ3v) is 5.28. The fourth-order valence-corrected chi connectivity index (χ4v) is 3.68. The molecule has 4 nitrogen and oxygen atoms in total. The fraction of sp³-hybridized carbons (Fsp3) is 0.0952. The average Bonchev–Trinajstić information content (AvgIpc) is 2.68. The number of halogens is 2. The third-order valence-electron chi connectivity index (χ3n) is 3.80. The van der Waals surface area contributed by atoms with Crippen molar-refractivity contribution in [1.29, 1.82) is 5.26 Å². The van der Waals surface area contributed by atoms with Gasteiger partial charge in [-0.15, -0.1) is 11.8 Å². The molecule has 0 unspecified atom stereocenters. The Bertz CT molecular complexity index is 1030. The van der Waals surface area contributed by atoms with E-state index in [4.69, 9.17) is 23.2 Å². The van der Waals surface area contributed by atoms with Crippen LogP contribution in [0.3, 0.4) is 0 Å². The predicted octanol–water partition coefficient (Wildman–Crippen LogP) is 6.05. The molecule has 0 bridgehead atoms. The van der Waals surface area contributed by atoms with Gasteiger partial charge in [-0.1, -0.05) is 41.4 Å². The van der Waals surface area contributed by atoms with E-state index in [1.54, 1.807) is 48.5 Å². The number of nitrogens with zero attached hydrogens (tertiary/aromatic N) is 2. The molecule has 0 spiro atoms. The van der Waals surface area contributed by atoms with E-state index >= 15 is 0 Å². The summed E-state index contributed by atoms with van der Waals surface area (Å²) in [4.78, 5) is 16.7. The summed E-state index contributed by atoms with van der Waals surface area (Å²) in [7, 11) is 0. The molecule has 3 rings (SSSR count). The summed E-state index contributed by atoms with van der Waals surface area (Å²) in [5, 5.41) is 14.0. The zero-order chi connectivity index (χ0) is 19.9. The van der Waals surface area contributed by atoms with Gasteiger partial charge >= 0.3 is 0 Å². The highest BCUT2D eigenvalue weighted by molar-refractivity contribution is 7.99. The third kappa shape index (κ3) is 5.49. The molecule has 0 aliphatic carbocycles. The van der Waals surface area contributed by atoms with E-state index in [1.807, 2.05) is 12.1 Å². The van der Waals surface area contributed by atoms with Gasteiger partial charge in [0.15, 0.2) is 0 Å². The molecule has 0 atom stereocenters. The lowest BCUT2D eigenvalue weighted by molar-refractivity contribution is -0.115. The van der Waals surface area contributed by atoms with Gasteiger partial charge in [-0.05, 0) is 42.5 Å². The highest BCUT2D eigenvalue weighted by atomic mass is 35.5. The van der Waals surface area contributed by atoms with Crippen LogP contribution in [0.5, 0.6) is 0 Å². The highest BCUT2D eigenvalue weighted by Gasteiger charge is 2.10. The molecule has 140 valence electrons. The Morgan fingerprint density at radius 2 is 1.86 bits per heavy atom. The second kappa shape index (κ2) is 9.61. The summed E-state index contributed by atoms with van der Waals surface area (Å²) < 4.78 is 0. The van der Waals surface area contributed by atoms with Crippen LogP contribution >= 0.6 is 35.0 Å². The van der Waals surface area contributed by atoms with E-state index in [0.29, 0.717) is 32.1 Å². The van der Waals surface area contributed by atoms with Crippen molar-refractivity contribution in [3.8, 4) is 17.3 Å². The van der Waals surface area contributed by atoms with Crippen LogP contribution in [0.2, 0.25) is 10.0 Å². The standard InChI is InChI=1S/C21H15Cl2N3OS/c22-16-7-4-14(5-8-16)19-9-6-15(13-24)21(26-19)28-11-10-20(27)25-18-3-1-2-17(23)12-18/h1-9,12H,10-11H2,(H,25,27). The van der Waals surface area contributed by atoms with Crippen molar-refractivity contribution in [3.05, 3.63) is 76.3 Å². The molecule has 2 aromatic carbocycles. The Hall–Kier alpha value is -2.52. The normalized spacial score (nSPS) is 10.3. The second-order valence-corrected chi connectivity index (χ2v) is 7.78. The van der Waals surface area contributed by atoms with Crippen LogP contribution < -0.4 is 5.32 Å². The average molecular weight is 428 g/mol. The number of hydrogen-bond donors (Lipinski definition) is 1. The summed E-state index contributed by atoms with van der Waals surface area (Å²) in [6, 6.07) is 20.0. The van der Waals surface area contributed by atoms with E-state index in [2.05, 4.69) is 16.4 Å².